The van der Waals surface area contributed by atoms with Gasteiger partial charge < -0.3 is 9.80 Å². The van der Waals surface area contributed by atoms with Gasteiger partial charge in [0.05, 0.1) is 24.1 Å². The van der Waals surface area contributed by atoms with E-state index < -0.39 is 10.0 Å². The molecule has 0 fully saturated rings. The van der Waals surface area contributed by atoms with Crippen LogP contribution >= 0.6 is 11.7 Å². The number of amides is 1. The van der Waals surface area contributed by atoms with E-state index in [-0.39, 0.29) is 10.8 Å². The van der Waals surface area contributed by atoms with Gasteiger partial charge in [-0.25, -0.2) is 12.7 Å². The molecule has 8 nitrogen and oxygen atoms in total. The predicted octanol–water partition coefficient (Wildman–Crippen LogP) is 1.37. The second-order valence-electron chi connectivity index (χ2n) is 5.57. The van der Waals surface area contributed by atoms with Crippen molar-refractivity contribution in [2.45, 2.75) is 11.8 Å². The summed E-state index contributed by atoms with van der Waals surface area (Å²) < 4.78 is 34.6. The monoisotopic (exact) mass is 383 g/mol. The molecule has 0 saturated carbocycles. The number of likely N-dealkylation sites (N-methyl/N-ethyl adjacent to an activating group) is 1. The summed E-state index contributed by atoms with van der Waals surface area (Å²) in [6.07, 6.45) is 1.25. The molecule has 0 aliphatic rings. The molecule has 0 radical (unpaired) electrons. The van der Waals surface area contributed by atoms with Gasteiger partial charge in [0.25, 0.3) is 0 Å². The number of fused-ring (bicyclic) bond motifs is 1. The summed E-state index contributed by atoms with van der Waals surface area (Å²) in [5.41, 5.74) is 1.58. The molecule has 0 aliphatic heterocycles. The van der Waals surface area contributed by atoms with Gasteiger partial charge in [0.15, 0.2) is 0 Å². The molecule has 0 spiro atoms. The number of hydrogen-bond donors (Lipinski definition) is 0. The van der Waals surface area contributed by atoms with Crippen LogP contribution in [-0.2, 0) is 14.8 Å². The third kappa shape index (κ3) is 3.65. The average molecular weight is 383 g/mol. The van der Waals surface area contributed by atoms with Gasteiger partial charge in [-0.05, 0) is 25.1 Å². The molecule has 0 atom stereocenters. The van der Waals surface area contributed by atoms with Crippen molar-refractivity contribution in [2.24, 2.45) is 0 Å². The molecule has 2 rings (SSSR count). The van der Waals surface area contributed by atoms with Gasteiger partial charge in [-0.1, -0.05) is 6.58 Å². The van der Waals surface area contributed by atoms with Gasteiger partial charge in [-0.15, -0.1) is 0 Å². The van der Waals surface area contributed by atoms with Crippen LogP contribution in [0.3, 0.4) is 0 Å². The second kappa shape index (κ2) is 7.46. The summed E-state index contributed by atoms with van der Waals surface area (Å²) in [6.45, 7) is 6.37. The maximum atomic E-state index is 12.5. The third-order valence-electron chi connectivity index (χ3n) is 3.77. The normalized spacial score (nSPS) is 11.7. The van der Waals surface area contributed by atoms with Crippen LogP contribution < -0.4 is 4.90 Å². The van der Waals surface area contributed by atoms with Crippen molar-refractivity contribution in [3.63, 3.8) is 0 Å². The summed E-state index contributed by atoms with van der Waals surface area (Å²) in [6, 6.07) is 3.24. The highest BCUT2D eigenvalue weighted by molar-refractivity contribution is 7.89. The van der Waals surface area contributed by atoms with Gasteiger partial charge in [-0.3, -0.25) is 4.79 Å². The van der Waals surface area contributed by atoms with Crippen molar-refractivity contribution >= 4 is 44.4 Å². The Morgan fingerprint density at radius 3 is 2.44 bits per heavy atom. The van der Waals surface area contributed by atoms with E-state index in [0.29, 0.717) is 24.2 Å². The lowest BCUT2D eigenvalue weighted by Gasteiger charge is -2.28. The van der Waals surface area contributed by atoms with Crippen LogP contribution in [0.5, 0.6) is 0 Å². The van der Waals surface area contributed by atoms with E-state index in [1.807, 2.05) is 11.8 Å². The number of aromatic nitrogens is 2. The van der Waals surface area contributed by atoms with Crippen LogP contribution in [0.15, 0.2) is 29.7 Å². The number of rotatable bonds is 7. The first-order valence-corrected chi connectivity index (χ1v) is 9.71. The SMILES string of the molecule is C=CC(=O)N(C)CN(CC)c1ccc(S(=O)(=O)N(C)C)c2nsnc12. The topological polar surface area (TPSA) is 86.7 Å². The van der Waals surface area contributed by atoms with Crippen molar-refractivity contribution in [1.29, 1.82) is 0 Å². The first-order valence-electron chi connectivity index (χ1n) is 7.54. The summed E-state index contributed by atoms with van der Waals surface area (Å²) in [5.74, 6) is -0.196. The summed E-state index contributed by atoms with van der Waals surface area (Å²) in [4.78, 5) is 15.3. The second-order valence-corrected chi connectivity index (χ2v) is 8.22. The highest BCUT2D eigenvalue weighted by Crippen LogP contribution is 2.31. The number of carbonyl (C=O) groups excluding carboxylic acids is 1. The predicted molar refractivity (Wildman–Crippen MR) is 99.1 cm³/mol. The summed E-state index contributed by atoms with van der Waals surface area (Å²) in [5, 5.41) is 0. The largest absolute Gasteiger partial charge is 0.352 e. The lowest BCUT2D eigenvalue weighted by Crippen LogP contribution is -2.38. The first kappa shape index (κ1) is 19.3. The van der Waals surface area contributed by atoms with E-state index in [2.05, 4.69) is 15.3 Å². The maximum Gasteiger partial charge on any atom is 0.247 e. The minimum absolute atomic E-state index is 0.122. The molecule has 0 saturated heterocycles. The van der Waals surface area contributed by atoms with Crippen molar-refractivity contribution in [2.75, 3.05) is 39.3 Å². The fourth-order valence-electron chi connectivity index (χ4n) is 2.32. The Balaban J connectivity index is 2.52. The molecule has 136 valence electrons. The lowest BCUT2D eigenvalue weighted by molar-refractivity contribution is -0.124. The highest BCUT2D eigenvalue weighted by Gasteiger charge is 2.25. The van der Waals surface area contributed by atoms with Crippen molar-refractivity contribution in [1.82, 2.24) is 18.0 Å². The van der Waals surface area contributed by atoms with Gasteiger partial charge in [0, 0.05) is 27.7 Å². The van der Waals surface area contributed by atoms with Crippen molar-refractivity contribution < 1.29 is 13.2 Å². The molecule has 1 heterocycles. The van der Waals surface area contributed by atoms with Crippen molar-refractivity contribution in [3.05, 3.63) is 24.8 Å². The number of benzene rings is 1. The van der Waals surface area contributed by atoms with Crippen LogP contribution in [0.25, 0.3) is 11.0 Å². The van der Waals surface area contributed by atoms with E-state index in [1.165, 1.54) is 31.1 Å². The highest BCUT2D eigenvalue weighted by atomic mass is 32.2. The molecular formula is C15H21N5O3S2. The lowest BCUT2D eigenvalue weighted by atomic mass is 10.2. The number of anilines is 1. The Bertz CT molecular complexity index is 892. The molecule has 2 aromatic rings. The first-order chi connectivity index (χ1) is 11.7. The average Bonchev–Trinajstić information content (AvgIpc) is 3.07. The van der Waals surface area contributed by atoms with Gasteiger partial charge >= 0.3 is 0 Å². The Hall–Kier alpha value is -2.04. The minimum Gasteiger partial charge on any atom is -0.352 e. The molecule has 1 aromatic carbocycles. The summed E-state index contributed by atoms with van der Waals surface area (Å²) in [7, 11) is 1.00. The fraction of sp³-hybridized carbons (Fsp3) is 0.400. The third-order valence-corrected chi connectivity index (χ3v) is 6.15. The van der Waals surface area contributed by atoms with E-state index in [9.17, 15) is 13.2 Å². The van der Waals surface area contributed by atoms with Crippen LogP contribution in [0.1, 0.15) is 6.92 Å². The molecule has 1 amide bonds. The summed E-state index contributed by atoms with van der Waals surface area (Å²) >= 11 is 0.960. The zero-order valence-corrected chi connectivity index (χ0v) is 16.3. The molecule has 1 aromatic heterocycles. The Labute approximate surface area is 151 Å². The molecule has 0 unspecified atom stereocenters. The minimum atomic E-state index is -3.62. The van der Waals surface area contributed by atoms with E-state index in [0.717, 1.165) is 21.7 Å². The van der Waals surface area contributed by atoms with Crippen LogP contribution in [0.4, 0.5) is 5.69 Å². The fourth-order valence-corrected chi connectivity index (χ4v) is 3.97. The standard InChI is InChI=1S/C15H21N5O3S2/c1-6-13(21)19(5)10-20(7-2)11-8-9-12(25(22,23)18(3)4)15-14(11)16-24-17-15/h6,8-9H,1,7,10H2,2-5H3. The zero-order valence-electron chi connectivity index (χ0n) is 14.6. The number of sulfonamides is 1. The van der Waals surface area contributed by atoms with Gasteiger partial charge in [0.1, 0.15) is 15.9 Å². The Morgan fingerprint density at radius 1 is 1.24 bits per heavy atom. The van der Waals surface area contributed by atoms with Crippen LogP contribution in [0.2, 0.25) is 0 Å². The molecule has 0 aliphatic carbocycles. The molecular weight excluding hydrogens is 362 g/mol. The van der Waals surface area contributed by atoms with Crippen molar-refractivity contribution in [3.8, 4) is 0 Å². The Morgan fingerprint density at radius 2 is 1.88 bits per heavy atom. The maximum absolute atomic E-state index is 12.5. The van der Waals surface area contributed by atoms with Crippen LogP contribution in [0, 0.1) is 0 Å². The Kier molecular flexibility index (Phi) is 5.76. The molecule has 0 bridgehead atoms. The number of nitrogens with zero attached hydrogens (tertiary/aromatic N) is 5. The van der Waals surface area contributed by atoms with Gasteiger partial charge in [-0.2, -0.15) is 8.75 Å². The zero-order chi connectivity index (χ0) is 18.8. The van der Waals surface area contributed by atoms with Gasteiger partial charge in [0.2, 0.25) is 15.9 Å². The molecule has 25 heavy (non-hydrogen) atoms. The quantitative estimate of drug-likeness (QED) is 0.530. The number of hydrogen-bond acceptors (Lipinski definition) is 7. The van der Waals surface area contributed by atoms with E-state index in [1.54, 1.807) is 13.1 Å². The molecule has 0 N–H and O–H groups in total. The number of carbonyl (C=O) groups is 1. The van der Waals surface area contributed by atoms with Crippen LogP contribution in [-0.4, -0.2) is 66.6 Å². The van der Waals surface area contributed by atoms with E-state index in [4.69, 9.17) is 0 Å². The molecule has 10 heteroatoms. The van der Waals surface area contributed by atoms with E-state index >= 15 is 0 Å². The smallest absolute Gasteiger partial charge is 0.247 e.